The lowest BCUT2D eigenvalue weighted by Crippen LogP contribution is -2.08. The van der Waals surface area contributed by atoms with Crippen LogP contribution < -0.4 is 0 Å². The third-order valence-corrected chi connectivity index (χ3v) is 2.87. The van der Waals surface area contributed by atoms with Crippen LogP contribution in [0.3, 0.4) is 0 Å². The van der Waals surface area contributed by atoms with Crippen LogP contribution in [0.4, 0.5) is 0 Å². The molecular formula is C13H12ClNO2. The van der Waals surface area contributed by atoms with Gasteiger partial charge in [0.05, 0.1) is 0 Å². The Labute approximate surface area is 104 Å². The molecule has 1 aromatic heterocycles. The molecule has 0 fully saturated rings. The number of hydrogen-bond donors (Lipinski definition) is 1. The van der Waals surface area contributed by atoms with Crippen molar-refractivity contribution in [2.75, 3.05) is 0 Å². The van der Waals surface area contributed by atoms with Gasteiger partial charge >= 0.3 is 5.97 Å². The zero-order valence-corrected chi connectivity index (χ0v) is 10.1. The fraction of sp³-hybridized carbons (Fsp3) is 0.154. The standard InChI is InChI=1S/C13H12ClNO2/c1-2-15-11(6-7-12(15)13(16)17)9-4-3-5-10(14)8-9/h3-8H,2H2,1H3,(H,16,17). The number of carbonyl (C=O) groups is 1. The first-order chi connectivity index (χ1) is 8.13. The fourth-order valence-electron chi connectivity index (χ4n) is 1.89. The predicted molar refractivity (Wildman–Crippen MR) is 67.5 cm³/mol. The molecule has 2 aromatic rings. The number of rotatable bonds is 3. The van der Waals surface area contributed by atoms with E-state index in [4.69, 9.17) is 16.7 Å². The van der Waals surface area contributed by atoms with E-state index in [2.05, 4.69) is 0 Å². The van der Waals surface area contributed by atoms with Crippen molar-refractivity contribution in [2.24, 2.45) is 0 Å². The van der Waals surface area contributed by atoms with Gasteiger partial charge < -0.3 is 9.67 Å². The first-order valence-electron chi connectivity index (χ1n) is 5.32. The molecule has 0 spiro atoms. The van der Waals surface area contributed by atoms with Gasteiger partial charge in [0.1, 0.15) is 5.69 Å². The highest BCUT2D eigenvalue weighted by Crippen LogP contribution is 2.25. The van der Waals surface area contributed by atoms with Gasteiger partial charge in [0, 0.05) is 17.3 Å². The predicted octanol–water partition coefficient (Wildman–Crippen LogP) is 3.53. The number of hydrogen-bond acceptors (Lipinski definition) is 1. The summed E-state index contributed by atoms with van der Waals surface area (Å²) in [5.41, 5.74) is 2.08. The second kappa shape index (κ2) is 4.63. The number of nitrogens with zero attached hydrogens (tertiary/aromatic N) is 1. The van der Waals surface area contributed by atoms with Crippen LogP contribution >= 0.6 is 11.6 Å². The topological polar surface area (TPSA) is 42.2 Å². The van der Waals surface area contributed by atoms with Gasteiger partial charge in [-0.1, -0.05) is 23.7 Å². The highest BCUT2D eigenvalue weighted by molar-refractivity contribution is 6.30. The number of halogens is 1. The zero-order valence-electron chi connectivity index (χ0n) is 9.35. The lowest BCUT2D eigenvalue weighted by atomic mass is 10.1. The minimum Gasteiger partial charge on any atom is -0.477 e. The van der Waals surface area contributed by atoms with Crippen LogP contribution in [0.1, 0.15) is 17.4 Å². The lowest BCUT2D eigenvalue weighted by molar-refractivity contribution is 0.0685. The average molecular weight is 250 g/mol. The minimum absolute atomic E-state index is 0.294. The molecule has 0 unspecified atom stereocenters. The third kappa shape index (κ3) is 2.19. The molecule has 0 radical (unpaired) electrons. The zero-order chi connectivity index (χ0) is 12.4. The monoisotopic (exact) mass is 249 g/mol. The Bertz CT molecular complexity index is 560. The van der Waals surface area contributed by atoms with Crippen molar-refractivity contribution in [1.82, 2.24) is 4.57 Å². The molecule has 0 bridgehead atoms. The molecule has 88 valence electrons. The van der Waals surface area contributed by atoms with E-state index in [9.17, 15) is 4.79 Å². The summed E-state index contributed by atoms with van der Waals surface area (Å²) >= 11 is 5.93. The molecule has 0 aliphatic heterocycles. The van der Waals surface area contributed by atoms with Crippen LogP contribution in [0.2, 0.25) is 5.02 Å². The molecule has 2 rings (SSSR count). The van der Waals surface area contributed by atoms with Crippen molar-refractivity contribution in [2.45, 2.75) is 13.5 Å². The maximum Gasteiger partial charge on any atom is 0.352 e. The summed E-state index contributed by atoms with van der Waals surface area (Å²) in [6, 6.07) is 10.8. The maximum absolute atomic E-state index is 11.0. The molecule has 0 amide bonds. The molecule has 0 atom stereocenters. The highest BCUT2D eigenvalue weighted by atomic mass is 35.5. The summed E-state index contributed by atoms with van der Waals surface area (Å²) in [7, 11) is 0. The van der Waals surface area contributed by atoms with Gasteiger partial charge in [0.15, 0.2) is 0 Å². The van der Waals surface area contributed by atoms with Crippen LogP contribution in [-0.4, -0.2) is 15.6 Å². The van der Waals surface area contributed by atoms with Gasteiger partial charge in [0.25, 0.3) is 0 Å². The number of benzene rings is 1. The van der Waals surface area contributed by atoms with E-state index in [0.29, 0.717) is 17.3 Å². The molecule has 3 nitrogen and oxygen atoms in total. The molecule has 0 aliphatic rings. The van der Waals surface area contributed by atoms with Gasteiger partial charge in [-0.3, -0.25) is 0 Å². The second-order valence-corrected chi connectivity index (χ2v) is 4.10. The summed E-state index contributed by atoms with van der Waals surface area (Å²) in [4.78, 5) is 11.0. The summed E-state index contributed by atoms with van der Waals surface area (Å²) in [5.74, 6) is -0.917. The summed E-state index contributed by atoms with van der Waals surface area (Å²) in [6.45, 7) is 2.52. The SMILES string of the molecule is CCn1c(C(=O)O)ccc1-c1cccc(Cl)c1. The van der Waals surface area contributed by atoms with Crippen molar-refractivity contribution in [1.29, 1.82) is 0 Å². The molecule has 1 aromatic carbocycles. The molecular weight excluding hydrogens is 238 g/mol. The van der Waals surface area contributed by atoms with Crippen LogP contribution in [0.15, 0.2) is 36.4 Å². The van der Waals surface area contributed by atoms with Gasteiger partial charge in [-0.25, -0.2) is 4.79 Å². The van der Waals surface area contributed by atoms with Crippen molar-refractivity contribution in [3.8, 4) is 11.3 Å². The van der Waals surface area contributed by atoms with Crippen molar-refractivity contribution >= 4 is 17.6 Å². The number of carboxylic acid groups (broad SMARTS) is 1. The maximum atomic E-state index is 11.0. The van der Waals surface area contributed by atoms with E-state index < -0.39 is 5.97 Å². The first kappa shape index (κ1) is 11.7. The summed E-state index contributed by atoms with van der Waals surface area (Å²) in [5, 5.41) is 9.71. The number of carboxylic acids is 1. The highest BCUT2D eigenvalue weighted by Gasteiger charge is 2.13. The van der Waals surface area contributed by atoms with Crippen LogP contribution in [0.25, 0.3) is 11.3 Å². The third-order valence-electron chi connectivity index (χ3n) is 2.64. The Hall–Kier alpha value is -1.74. The van der Waals surface area contributed by atoms with Crippen LogP contribution in [-0.2, 0) is 6.54 Å². The van der Waals surface area contributed by atoms with E-state index in [1.807, 2.05) is 25.1 Å². The van der Waals surface area contributed by atoms with Crippen LogP contribution in [0, 0.1) is 0 Å². The van der Waals surface area contributed by atoms with Gasteiger partial charge in [-0.05, 0) is 36.8 Å². The normalized spacial score (nSPS) is 10.5. The van der Waals surface area contributed by atoms with Crippen LogP contribution in [0.5, 0.6) is 0 Å². The average Bonchev–Trinajstić information content (AvgIpc) is 2.72. The quantitative estimate of drug-likeness (QED) is 0.904. The van der Waals surface area contributed by atoms with Gasteiger partial charge in [-0.15, -0.1) is 0 Å². The minimum atomic E-state index is -0.917. The first-order valence-corrected chi connectivity index (χ1v) is 5.70. The molecule has 0 aliphatic carbocycles. The Morgan fingerprint density at radius 3 is 2.71 bits per heavy atom. The molecule has 17 heavy (non-hydrogen) atoms. The summed E-state index contributed by atoms with van der Waals surface area (Å²) < 4.78 is 1.76. The fourth-order valence-corrected chi connectivity index (χ4v) is 2.09. The van der Waals surface area contributed by atoms with Gasteiger partial charge in [-0.2, -0.15) is 0 Å². The molecule has 1 heterocycles. The van der Waals surface area contributed by atoms with Crippen molar-refractivity contribution in [3.63, 3.8) is 0 Å². The Morgan fingerprint density at radius 2 is 2.12 bits per heavy atom. The Kier molecular flexibility index (Phi) is 3.20. The van der Waals surface area contributed by atoms with E-state index in [1.54, 1.807) is 22.8 Å². The number of aromatic carboxylic acids is 1. The summed E-state index contributed by atoms with van der Waals surface area (Å²) in [6.07, 6.45) is 0. The van der Waals surface area contributed by atoms with E-state index in [1.165, 1.54) is 0 Å². The van der Waals surface area contributed by atoms with E-state index in [-0.39, 0.29) is 0 Å². The molecule has 0 saturated heterocycles. The Balaban J connectivity index is 2.56. The largest absolute Gasteiger partial charge is 0.477 e. The second-order valence-electron chi connectivity index (χ2n) is 3.66. The molecule has 1 N–H and O–H groups in total. The number of aromatic nitrogens is 1. The Morgan fingerprint density at radius 1 is 1.35 bits per heavy atom. The molecule has 0 saturated carbocycles. The lowest BCUT2D eigenvalue weighted by Gasteiger charge is -2.09. The van der Waals surface area contributed by atoms with Gasteiger partial charge in [0.2, 0.25) is 0 Å². The van der Waals surface area contributed by atoms with E-state index >= 15 is 0 Å². The van der Waals surface area contributed by atoms with Crippen molar-refractivity contribution in [3.05, 3.63) is 47.1 Å². The molecule has 4 heteroatoms. The smallest absolute Gasteiger partial charge is 0.352 e. The van der Waals surface area contributed by atoms with Crippen molar-refractivity contribution < 1.29 is 9.90 Å². The van der Waals surface area contributed by atoms with E-state index in [0.717, 1.165) is 11.3 Å².